The highest BCUT2D eigenvalue weighted by atomic mass is 15.3. The summed E-state index contributed by atoms with van der Waals surface area (Å²) in [5.41, 5.74) is 9.81. The molecule has 2 rings (SSSR count). The Labute approximate surface area is 117 Å². The van der Waals surface area contributed by atoms with E-state index in [1.54, 1.807) is 0 Å². The van der Waals surface area contributed by atoms with E-state index in [1.807, 2.05) is 0 Å². The second-order valence-corrected chi connectivity index (χ2v) is 5.45. The number of benzene rings is 1. The van der Waals surface area contributed by atoms with Crippen LogP contribution in [0.3, 0.4) is 0 Å². The van der Waals surface area contributed by atoms with E-state index in [0.29, 0.717) is 12.6 Å². The van der Waals surface area contributed by atoms with Crippen molar-refractivity contribution < 1.29 is 0 Å². The van der Waals surface area contributed by atoms with Crippen molar-refractivity contribution in [2.45, 2.75) is 39.8 Å². The minimum Gasteiger partial charge on any atom is -0.370 e. The lowest BCUT2D eigenvalue weighted by atomic mass is 10.1. The normalized spacial score (nSPS) is 19.4. The van der Waals surface area contributed by atoms with Gasteiger partial charge in [-0.15, -0.1) is 0 Å². The largest absolute Gasteiger partial charge is 0.370 e. The summed E-state index contributed by atoms with van der Waals surface area (Å²) in [6, 6.07) is 7.35. The SMILES string of the molecule is CCN(CC)C1CCN(c2ccc(C)cc2CN)C1. The topological polar surface area (TPSA) is 32.5 Å². The number of hydrogen-bond acceptors (Lipinski definition) is 3. The second-order valence-electron chi connectivity index (χ2n) is 5.45. The Morgan fingerprint density at radius 2 is 2.05 bits per heavy atom. The van der Waals surface area contributed by atoms with Gasteiger partial charge in [-0.05, 0) is 38.1 Å². The monoisotopic (exact) mass is 261 g/mol. The van der Waals surface area contributed by atoms with Crippen molar-refractivity contribution >= 4 is 5.69 Å². The van der Waals surface area contributed by atoms with Gasteiger partial charge in [0.25, 0.3) is 0 Å². The van der Waals surface area contributed by atoms with Crippen molar-refractivity contribution in [1.29, 1.82) is 0 Å². The first-order valence-corrected chi connectivity index (χ1v) is 7.48. The van der Waals surface area contributed by atoms with Gasteiger partial charge in [-0.2, -0.15) is 0 Å². The van der Waals surface area contributed by atoms with Gasteiger partial charge in [0.05, 0.1) is 0 Å². The lowest BCUT2D eigenvalue weighted by Crippen LogP contribution is -2.37. The van der Waals surface area contributed by atoms with Crippen LogP contribution in [0.1, 0.15) is 31.4 Å². The van der Waals surface area contributed by atoms with E-state index in [1.165, 1.54) is 23.2 Å². The molecule has 3 nitrogen and oxygen atoms in total. The van der Waals surface area contributed by atoms with Gasteiger partial charge in [-0.3, -0.25) is 4.90 Å². The molecule has 1 unspecified atom stereocenters. The molecule has 0 saturated carbocycles. The predicted octanol–water partition coefficient (Wildman–Crippen LogP) is 2.37. The molecule has 19 heavy (non-hydrogen) atoms. The van der Waals surface area contributed by atoms with Gasteiger partial charge in [-0.1, -0.05) is 31.5 Å². The van der Waals surface area contributed by atoms with E-state index in [0.717, 1.165) is 26.2 Å². The zero-order valence-corrected chi connectivity index (χ0v) is 12.5. The summed E-state index contributed by atoms with van der Waals surface area (Å²) in [5.74, 6) is 0. The van der Waals surface area contributed by atoms with Gasteiger partial charge in [0.2, 0.25) is 0 Å². The second kappa shape index (κ2) is 6.40. The number of nitrogens with two attached hydrogens (primary N) is 1. The van der Waals surface area contributed by atoms with Gasteiger partial charge in [0.15, 0.2) is 0 Å². The lowest BCUT2D eigenvalue weighted by molar-refractivity contribution is 0.232. The molecule has 1 aliphatic heterocycles. The molecular weight excluding hydrogens is 234 g/mol. The molecule has 0 amide bonds. The molecule has 0 radical (unpaired) electrons. The van der Waals surface area contributed by atoms with Crippen molar-refractivity contribution in [1.82, 2.24) is 4.90 Å². The maximum Gasteiger partial charge on any atom is 0.0412 e. The highest BCUT2D eigenvalue weighted by molar-refractivity contribution is 5.56. The van der Waals surface area contributed by atoms with E-state index in [-0.39, 0.29) is 0 Å². The Hall–Kier alpha value is -1.06. The third-order valence-corrected chi connectivity index (χ3v) is 4.29. The molecule has 0 bridgehead atoms. The molecule has 3 heteroatoms. The van der Waals surface area contributed by atoms with Crippen molar-refractivity contribution in [3.63, 3.8) is 0 Å². The molecule has 1 heterocycles. The zero-order valence-electron chi connectivity index (χ0n) is 12.5. The highest BCUT2D eigenvalue weighted by Gasteiger charge is 2.27. The lowest BCUT2D eigenvalue weighted by Gasteiger charge is -2.27. The number of aryl methyl sites for hydroxylation is 1. The van der Waals surface area contributed by atoms with Gasteiger partial charge in [0.1, 0.15) is 0 Å². The average Bonchev–Trinajstić information content (AvgIpc) is 2.89. The molecule has 1 atom stereocenters. The van der Waals surface area contributed by atoms with E-state index >= 15 is 0 Å². The van der Waals surface area contributed by atoms with Gasteiger partial charge in [0, 0.05) is 31.4 Å². The Bertz CT molecular complexity index is 412. The summed E-state index contributed by atoms with van der Waals surface area (Å²) in [4.78, 5) is 5.07. The predicted molar refractivity (Wildman–Crippen MR) is 82.6 cm³/mol. The minimum atomic E-state index is 0.628. The van der Waals surface area contributed by atoms with Crippen LogP contribution in [0.2, 0.25) is 0 Å². The summed E-state index contributed by atoms with van der Waals surface area (Å²) < 4.78 is 0. The molecule has 1 aliphatic rings. The van der Waals surface area contributed by atoms with Gasteiger partial charge >= 0.3 is 0 Å². The molecule has 0 aromatic heterocycles. The Kier molecular flexibility index (Phi) is 4.83. The quantitative estimate of drug-likeness (QED) is 0.883. The third-order valence-electron chi connectivity index (χ3n) is 4.29. The number of anilines is 1. The van der Waals surface area contributed by atoms with Crippen molar-refractivity contribution in [3.8, 4) is 0 Å². The summed E-state index contributed by atoms with van der Waals surface area (Å²) in [6.45, 7) is 11.8. The fourth-order valence-electron chi connectivity index (χ4n) is 3.18. The number of likely N-dealkylation sites (N-methyl/N-ethyl adjacent to an activating group) is 1. The molecule has 106 valence electrons. The molecule has 2 N–H and O–H groups in total. The van der Waals surface area contributed by atoms with E-state index in [2.05, 4.69) is 48.8 Å². The molecule has 1 aromatic carbocycles. The molecule has 1 fully saturated rings. The van der Waals surface area contributed by atoms with Crippen LogP contribution in [0.5, 0.6) is 0 Å². The Balaban J connectivity index is 2.12. The first-order chi connectivity index (χ1) is 9.19. The highest BCUT2D eigenvalue weighted by Crippen LogP contribution is 2.27. The van der Waals surface area contributed by atoms with Crippen LogP contribution >= 0.6 is 0 Å². The summed E-state index contributed by atoms with van der Waals surface area (Å²) >= 11 is 0. The standard InChI is InChI=1S/C16H27N3/c1-4-18(5-2)15-8-9-19(12-15)16-7-6-13(3)10-14(16)11-17/h6-7,10,15H,4-5,8-9,11-12,17H2,1-3H3. The van der Waals surface area contributed by atoms with Crippen LogP contribution in [-0.4, -0.2) is 37.1 Å². The van der Waals surface area contributed by atoms with E-state index < -0.39 is 0 Å². The fraction of sp³-hybridized carbons (Fsp3) is 0.625. The maximum atomic E-state index is 5.90. The third kappa shape index (κ3) is 3.10. The van der Waals surface area contributed by atoms with Crippen LogP contribution in [-0.2, 0) is 6.54 Å². The maximum absolute atomic E-state index is 5.90. The van der Waals surface area contributed by atoms with Crippen LogP contribution in [0.25, 0.3) is 0 Å². The smallest absolute Gasteiger partial charge is 0.0412 e. The van der Waals surface area contributed by atoms with E-state index in [9.17, 15) is 0 Å². The molecular formula is C16H27N3. The first kappa shape index (κ1) is 14.4. The van der Waals surface area contributed by atoms with Crippen LogP contribution in [0.4, 0.5) is 5.69 Å². The first-order valence-electron chi connectivity index (χ1n) is 7.48. The summed E-state index contributed by atoms with van der Waals surface area (Å²) in [5, 5.41) is 0. The molecule has 1 saturated heterocycles. The minimum absolute atomic E-state index is 0.628. The van der Waals surface area contributed by atoms with Crippen molar-refractivity contribution in [2.24, 2.45) is 5.73 Å². The molecule has 0 aliphatic carbocycles. The molecule has 1 aromatic rings. The van der Waals surface area contributed by atoms with Crippen LogP contribution in [0, 0.1) is 6.92 Å². The number of nitrogens with zero attached hydrogens (tertiary/aromatic N) is 2. The Morgan fingerprint density at radius 1 is 1.32 bits per heavy atom. The number of hydrogen-bond donors (Lipinski definition) is 1. The summed E-state index contributed by atoms with van der Waals surface area (Å²) in [6.07, 6.45) is 1.26. The molecule has 0 spiro atoms. The zero-order chi connectivity index (χ0) is 13.8. The summed E-state index contributed by atoms with van der Waals surface area (Å²) in [7, 11) is 0. The average molecular weight is 261 g/mol. The van der Waals surface area contributed by atoms with E-state index in [4.69, 9.17) is 5.73 Å². The number of rotatable bonds is 5. The van der Waals surface area contributed by atoms with Crippen molar-refractivity contribution in [2.75, 3.05) is 31.1 Å². The van der Waals surface area contributed by atoms with Crippen LogP contribution in [0.15, 0.2) is 18.2 Å². The van der Waals surface area contributed by atoms with Crippen LogP contribution < -0.4 is 10.6 Å². The fourth-order valence-corrected chi connectivity index (χ4v) is 3.18. The van der Waals surface area contributed by atoms with Gasteiger partial charge < -0.3 is 10.6 Å². The van der Waals surface area contributed by atoms with Crippen molar-refractivity contribution in [3.05, 3.63) is 29.3 Å². The van der Waals surface area contributed by atoms with Gasteiger partial charge in [-0.25, -0.2) is 0 Å². The Morgan fingerprint density at radius 3 is 2.68 bits per heavy atom.